The second kappa shape index (κ2) is 7.51. The Morgan fingerprint density at radius 3 is 2.79 bits per heavy atom. The molecule has 0 aliphatic heterocycles. The number of hydrogen-bond donors (Lipinski definition) is 3. The lowest BCUT2D eigenvalue weighted by atomic mass is 10.2. The topological polar surface area (TPSA) is 76.4 Å². The van der Waals surface area contributed by atoms with Gasteiger partial charge in [0.15, 0.2) is 0 Å². The van der Waals surface area contributed by atoms with Gasteiger partial charge in [0.25, 0.3) is 0 Å². The molecule has 1 rings (SSSR count). The third-order valence-electron chi connectivity index (χ3n) is 2.68. The Kier molecular flexibility index (Phi) is 5.99. The molecule has 0 heterocycles. The number of anilines is 2. The fraction of sp³-hybridized carbons (Fsp3) is 0.500. The van der Waals surface area contributed by atoms with E-state index in [4.69, 9.17) is 10.5 Å². The number of benzene rings is 1. The normalized spacial score (nSPS) is 11.7. The molecule has 0 radical (unpaired) electrons. The molecule has 106 valence electrons. The molecule has 0 aliphatic carbocycles. The summed E-state index contributed by atoms with van der Waals surface area (Å²) in [5.41, 5.74) is 7.24. The van der Waals surface area contributed by atoms with Crippen molar-refractivity contribution in [2.45, 2.75) is 33.2 Å². The van der Waals surface area contributed by atoms with Crippen molar-refractivity contribution >= 4 is 17.3 Å². The van der Waals surface area contributed by atoms with Crippen molar-refractivity contribution in [2.75, 3.05) is 24.2 Å². The summed E-state index contributed by atoms with van der Waals surface area (Å²) in [5.74, 6) is 0.594. The van der Waals surface area contributed by atoms with Gasteiger partial charge >= 0.3 is 0 Å². The van der Waals surface area contributed by atoms with Crippen molar-refractivity contribution in [2.24, 2.45) is 0 Å². The summed E-state index contributed by atoms with van der Waals surface area (Å²) in [5, 5.41) is 5.94. The molecular formula is C14H23N3O2. The quantitative estimate of drug-likeness (QED) is 0.659. The molecule has 5 heteroatoms. The molecule has 0 bridgehead atoms. The van der Waals surface area contributed by atoms with Gasteiger partial charge in [0, 0.05) is 6.54 Å². The molecule has 1 aromatic carbocycles. The maximum absolute atomic E-state index is 11.8. The van der Waals surface area contributed by atoms with E-state index < -0.39 is 0 Å². The summed E-state index contributed by atoms with van der Waals surface area (Å²) >= 11 is 0. The predicted molar refractivity (Wildman–Crippen MR) is 78.4 cm³/mol. The first-order chi connectivity index (χ1) is 9.10. The maximum Gasteiger partial charge on any atom is 0.242 e. The van der Waals surface area contributed by atoms with Gasteiger partial charge in [-0.15, -0.1) is 0 Å². The van der Waals surface area contributed by atoms with Crippen molar-refractivity contribution in [1.29, 1.82) is 0 Å². The highest BCUT2D eigenvalue weighted by Gasteiger charge is 2.14. The van der Waals surface area contributed by atoms with Crippen LogP contribution in [0, 0.1) is 0 Å². The molecule has 0 spiro atoms. The third kappa shape index (κ3) is 4.35. The van der Waals surface area contributed by atoms with Crippen LogP contribution in [0.15, 0.2) is 18.2 Å². The minimum Gasteiger partial charge on any atom is -0.492 e. The lowest BCUT2D eigenvalue weighted by Crippen LogP contribution is -2.38. The Bertz CT molecular complexity index is 421. The number of nitrogens with two attached hydrogens (primary N) is 1. The van der Waals surface area contributed by atoms with Crippen molar-refractivity contribution in [3.8, 4) is 5.75 Å². The predicted octanol–water partition coefficient (Wildman–Crippen LogP) is 1.99. The Hall–Kier alpha value is -1.91. The van der Waals surface area contributed by atoms with E-state index in [1.165, 1.54) is 0 Å². The van der Waals surface area contributed by atoms with E-state index >= 15 is 0 Å². The van der Waals surface area contributed by atoms with Crippen LogP contribution in [0.1, 0.15) is 27.2 Å². The lowest BCUT2D eigenvalue weighted by molar-refractivity contribution is -0.121. The van der Waals surface area contributed by atoms with E-state index in [2.05, 4.69) is 10.6 Å². The number of carbonyl (C=O) groups excluding carboxylic acids is 1. The fourth-order valence-corrected chi connectivity index (χ4v) is 1.65. The summed E-state index contributed by atoms with van der Waals surface area (Å²) in [6, 6.07) is 5.15. The number of rotatable bonds is 7. The van der Waals surface area contributed by atoms with Gasteiger partial charge in [-0.05, 0) is 32.4 Å². The molecule has 1 atom stereocenters. The number of hydrogen-bond acceptors (Lipinski definition) is 4. The first-order valence-corrected chi connectivity index (χ1v) is 6.65. The third-order valence-corrected chi connectivity index (χ3v) is 2.68. The van der Waals surface area contributed by atoms with Gasteiger partial charge in [0.05, 0.1) is 18.0 Å². The second-order valence-electron chi connectivity index (χ2n) is 4.31. The van der Waals surface area contributed by atoms with Gasteiger partial charge in [-0.2, -0.15) is 0 Å². The molecule has 5 nitrogen and oxygen atoms in total. The highest BCUT2D eigenvalue weighted by molar-refractivity contribution is 5.86. The summed E-state index contributed by atoms with van der Waals surface area (Å²) < 4.78 is 5.42. The Morgan fingerprint density at radius 2 is 2.16 bits per heavy atom. The Balaban J connectivity index is 2.71. The van der Waals surface area contributed by atoms with Crippen molar-refractivity contribution in [3.63, 3.8) is 0 Å². The molecule has 4 N–H and O–H groups in total. The minimum atomic E-state index is -0.342. The molecule has 0 aromatic heterocycles. The number of carbonyl (C=O) groups is 1. The van der Waals surface area contributed by atoms with E-state index in [1.807, 2.05) is 32.0 Å². The number of nitrogen functional groups attached to an aromatic ring is 1. The SMILES string of the molecule is CCCNC(=O)C(C)Nc1cccc(OCC)c1N. The monoisotopic (exact) mass is 265 g/mol. The molecule has 0 saturated carbocycles. The Labute approximate surface area is 114 Å². The van der Waals surface area contributed by atoms with Crippen molar-refractivity contribution in [1.82, 2.24) is 5.32 Å². The van der Waals surface area contributed by atoms with Gasteiger partial charge < -0.3 is 21.1 Å². The van der Waals surface area contributed by atoms with Gasteiger partial charge in [0.1, 0.15) is 11.8 Å². The maximum atomic E-state index is 11.8. The zero-order chi connectivity index (χ0) is 14.3. The highest BCUT2D eigenvalue weighted by Crippen LogP contribution is 2.29. The molecule has 0 saturated heterocycles. The number of amides is 1. The summed E-state index contributed by atoms with van der Waals surface area (Å²) in [4.78, 5) is 11.8. The van der Waals surface area contributed by atoms with Gasteiger partial charge in [-0.1, -0.05) is 13.0 Å². The molecule has 1 aromatic rings. The van der Waals surface area contributed by atoms with E-state index in [0.717, 1.165) is 6.42 Å². The number of ether oxygens (including phenoxy) is 1. The molecule has 1 unspecified atom stereocenters. The van der Waals surface area contributed by atoms with Gasteiger partial charge in [0.2, 0.25) is 5.91 Å². The molecule has 0 aliphatic rings. The van der Waals surface area contributed by atoms with Crippen molar-refractivity contribution in [3.05, 3.63) is 18.2 Å². The number of nitrogens with one attached hydrogen (secondary N) is 2. The summed E-state index contributed by atoms with van der Waals surface area (Å²) in [6.07, 6.45) is 0.917. The smallest absolute Gasteiger partial charge is 0.242 e. The van der Waals surface area contributed by atoms with E-state index in [0.29, 0.717) is 30.3 Å². The summed E-state index contributed by atoms with van der Waals surface area (Å²) in [6.45, 7) is 6.96. The Morgan fingerprint density at radius 1 is 1.42 bits per heavy atom. The van der Waals surface area contributed by atoms with Crippen LogP contribution < -0.4 is 21.1 Å². The van der Waals surface area contributed by atoms with Crippen LogP contribution in [0.4, 0.5) is 11.4 Å². The average Bonchev–Trinajstić information content (AvgIpc) is 2.40. The molecule has 0 fully saturated rings. The van der Waals surface area contributed by atoms with Crippen LogP contribution in [0.3, 0.4) is 0 Å². The fourth-order valence-electron chi connectivity index (χ4n) is 1.65. The van der Waals surface area contributed by atoms with E-state index in [-0.39, 0.29) is 11.9 Å². The molecule has 19 heavy (non-hydrogen) atoms. The van der Waals surface area contributed by atoms with Crippen LogP contribution in [0.25, 0.3) is 0 Å². The lowest BCUT2D eigenvalue weighted by Gasteiger charge is -2.18. The van der Waals surface area contributed by atoms with Crippen molar-refractivity contribution < 1.29 is 9.53 Å². The van der Waals surface area contributed by atoms with Crippen LogP contribution in [-0.2, 0) is 4.79 Å². The molecule has 1 amide bonds. The largest absolute Gasteiger partial charge is 0.492 e. The van der Waals surface area contributed by atoms with Crippen LogP contribution >= 0.6 is 0 Å². The van der Waals surface area contributed by atoms with E-state index in [9.17, 15) is 4.79 Å². The standard InChI is InChI=1S/C14H23N3O2/c1-4-9-16-14(18)10(3)17-11-7-6-8-12(13(11)15)19-5-2/h6-8,10,17H,4-5,9,15H2,1-3H3,(H,16,18). The summed E-state index contributed by atoms with van der Waals surface area (Å²) in [7, 11) is 0. The second-order valence-corrected chi connectivity index (χ2v) is 4.31. The average molecular weight is 265 g/mol. The zero-order valence-electron chi connectivity index (χ0n) is 11.8. The first kappa shape index (κ1) is 15.1. The first-order valence-electron chi connectivity index (χ1n) is 6.65. The van der Waals surface area contributed by atoms with Crippen LogP contribution in [0.2, 0.25) is 0 Å². The number of para-hydroxylation sites is 1. The highest BCUT2D eigenvalue weighted by atomic mass is 16.5. The van der Waals surface area contributed by atoms with Gasteiger partial charge in [-0.3, -0.25) is 4.79 Å². The molecular weight excluding hydrogens is 242 g/mol. The van der Waals surface area contributed by atoms with Crippen LogP contribution in [-0.4, -0.2) is 25.1 Å². The zero-order valence-corrected chi connectivity index (χ0v) is 11.8. The minimum absolute atomic E-state index is 0.0388. The van der Waals surface area contributed by atoms with Gasteiger partial charge in [-0.25, -0.2) is 0 Å². The van der Waals surface area contributed by atoms with Crippen LogP contribution in [0.5, 0.6) is 5.75 Å². The van der Waals surface area contributed by atoms with E-state index in [1.54, 1.807) is 6.92 Å².